The highest BCUT2D eigenvalue weighted by Crippen LogP contribution is 2.31. The Bertz CT molecular complexity index is 891. The fourth-order valence-electron chi connectivity index (χ4n) is 2.64. The number of hydroxylamine groups is 2. The van der Waals surface area contributed by atoms with Crippen molar-refractivity contribution in [1.29, 1.82) is 0 Å². The summed E-state index contributed by atoms with van der Waals surface area (Å²) >= 11 is 0.569. The van der Waals surface area contributed by atoms with E-state index in [0.29, 0.717) is 34.6 Å². The Balaban J connectivity index is 1.60. The number of nitrogens with zero attached hydrogens (tertiary/aromatic N) is 1. The van der Waals surface area contributed by atoms with E-state index in [1.165, 1.54) is 0 Å². The molecule has 4 rings (SSSR count). The van der Waals surface area contributed by atoms with Crippen molar-refractivity contribution < 1.29 is 18.1 Å². The Morgan fingerprint density at radius 3 is 2.00 bits per heavy atom. The molecule has 5 nitrogen and oxygen atoms in total. The minimum Gasteiger partial charge on any atom is -0.399 e. The molecule has 0 N–H and O–H groups in total. The zero-order valence-electron chi connectivity index (χ0n) is 12.3. The van der Waals surface area contributed by atoms with E-state index >= 15 is 0 Å². The lowest BCUT2D eigenvalue weighted by atomic mass is 9.95. The summed E-state index contributed by atoms with van der Waals surface area (Å²) in [6.45, 7) is 0. The number of para-hydroxylation sites is 1. The van der Waals surface area contributed by atoms with Gasteiger partial charge in [-0.05, 0) is 29.7 Å². The molecule has 1 aliphatic heterocycles. The molecule has 0 bridgehead atoms. The fourth-order valence-corrected chi connectivity index (χ4v) is 3.05. The van der Waals surface area contributed by atoms with E-state index in [0.717, 1.165) is 10.4 Å². The van der Waals surface area contributed by atoms with Gasteiger partial charge in [0.2, 0.25) is 0 Å². The molecular formula is C18H11NO4S. The van der Waals surface area contributed by atoms with Crippen molar-refractivity contribution in [3.63, 3.8) is 0 Å². The van der Waals surface area contributed by atoms with Gasteiger partial charge in [0, 0.05) is 5.39 Å². The van der Waals surface area contributed by atoms with E-state index in [1.54, 1.807) is 36.4 Å². The summed E-state index contributed by atoms with van der Waals surface area (Å²) in [5.41, 5.74) is 0.867. The zero-order valence-corrected chi connectivity index (χ0v) is 13.2. The quantitative estimate of drug-likeness (QED) is 0.532. The second kappa shape index (κ2) is 5.99. The van der Waals surface area contributed by atoms with Gasteiger partial charge in [-0.15, -0.1) is 9.35 Å². The molecule has 0 aliphatic carbocycles. The van der Waals surface area contributed by atoms with Crippen molar-refractivity contribution >= 4 is 34.9 Å². The zero-order chi connectivity index (χ0) is 16.5. The highest BCUT2D eigenvalue weighted by Gasteiger charge is 2.34. The van der Waals surface area contributed by atoms with Gasteiger partial charge in [-0.2, -0.15) is 0 Å². The van der Waals surface area contributed by atoms with Crippen LogP contribution in [0.3, 0.4) is 0 Å². The van der Waals surface area contributed by atoms with Crippen molar-refractivity contribution in [1.82, 2.24) is 5.06 Å². The minimum atomic E-state index is -0.506. The summed E-state index contributed by atoms with van der Waals surface area (Å²) in [6.07, 6.45) is 0. The number of imide groups is 1. The molecule has 1 aliphatic rings. The number of amides is 2. The molecule has 0 aromatic heterocycles. The predicted molar refractivity (Wildman–Crippen MR) is 90.2 cm³/mol. The molecule has 6 heteroatoms. The van der Waals surface area contributed by atoms with Crippen LogP contribution >= 0.6 is 12.3 Å². The first kappa shape index (κ1) is 14.7. The summed E-state index contributed by atoms with van der Waals surface area (Å²) < 4.78 is 10.5. The van der Waals surface area contributed by atoms with E-state index in [-0.39, 0.29) is 0 Å². The third-order valence-electron chi connectivity index (χ3n) is 3.71. The van der Waals surface area contributed by atoms with Crippen LogP contribution in [-0.4, -0.2) is 16.9 Å². The minimum absolute atomic E-state index is 0.433. The van der Waals surface area contributed by atoms with Crippen LogP contribution in [0.1, 0.15) is 20.7 Å². The predicted octanol–water partition coefficient (Wildman–Crippen LogP) is 4.01. The summed E-state index contributed by atoms with van der Waals surface area (Å²) in [5.74, 6) is -0.455. The van der Waals surface area contributed by atoms with Gasteiger partial charge < -0.3 is 4.18 Å². The standard InChI is InChI=1S/C18H11NO4S/c20-17-14-10-4-6-12-7-5-11-15(16(12)14)18(21)19(17)23-24-22-13-8-2-1-3-9-13/h1-11H. The Morgan fingerprint density at radius 1 is 0.750 bits per heavy atom. The first-order valence-electron chi connectivity index (χ1n) is 7.22. The number of rotatable bonds is 4. The first-order chi connectivity index (χ1) is 11.8. The van der Waals surface area contributed by atoms with Gasteiger partial charge in [0.15, 0.2) is 0 Å². The van der Waals surface area contributed by atoms with Gasteiger partial charge in [-0.3, -0.25) is 9.59 Å². The Morgan fingerprint density at radius 2 is 1.38 bits per heavy atom. The van der Waals surface area contributed by atoms with Gasteiger partial charge in [-0.25, -0.2) is 0 Å². The molecule has 118 valence electrons. The average molecular weight is 337 g/mol. The van der Waals surface area contributed by atoms with Crippen LogP contribution in [-0.2, 0) is 4.28 Å². The van der Waals surface area contributed by atoms with E-state index in [1.807, 2.05) is 30.3 Å². The molecule has 0 saturated heterocycles. The summed E-state index contributed by atoms with van der Waals surface area (Å²) in [4.78, 5) is 25.1. The second-order valence-corrected chi connectivity index (χ2v) is 5.60. The van der Waals surface area contributed by atoms with Crippen molar-refractivity contribution in [2.45, 2.75) is 0 Å². The van der Waals surface area contributed by atoms with E-state index in [9.17, 15) is 9.59 Å². The molecule has 0 atom stereocenters. The monoisotopic (exact) mass is 337 g/mol. The largest absolute Gasteiger partial charge is 0.399 e. The highest BCUT2D eigenvalue weighted by molar-refractivity contribution is 7.90. The van der Waals surface area contributed by atoms with Crippen LogP contribution < -0.4 is 4.18 Å². The topological polar surface area (TPSA) is 55.8 Å². The van der Waals surface area contributed by atoms with Crippen LogP contribution in [0.4, 0.5) is 0 Å². The third-order valence-corrected chi connectivity index (χ3v) is 4.18. The van der Waals surface area contributed by atoms with Gasteiger partial charge in [0.1, 0.15) is 5.75 Å². The van der Waals surface area contributed by atoms with Gasteiger partial charge in [0.25, 0.3) is 24.1 Å². The SMILES string of the molecule is O=C1c2cccc3cccc(c23)C(=O)N1OSOc1ccccc1. The molecular weight excluding hydrogens is 326 g/mol. The van der Waals surface area contributed by atoms with Crippen molar-refractivity contribution in [2.24, 2.45) is 0 Å². The van der Waals surface area contributed by atoms with Crippen molar-refractivity contribution in [2.75, 3.05) is 0 Å². The van der Waals surface area contributed by atoms with E-state index in [2.05, 4.69) is 0 Å². The van der Waals surface area contributed by atoms with Crippen LogP contribution in [0.15, 0.2) is 66.7 Å². The van der Waals surface area contributed by atoms with E-state index < -0.39 is 11.8 Å². The molecule has 0 saturated carbocycles. The maximum Gasteiger partial charge on any atom is 0.286 e. The molecule has 2 amide bonds. The van der Waals surface area contributed by atoms with E-state index in [4.69, 9.17) is 8.47 Å². The van der Waals surface area contributed by atoms with Crippen LogP contribution in [0.5, 0.6) is 5.75 Å². The second-order valence-electron chi connectivity index (χ2n) is 5.15. The van der Waals surface area contributed by atoms with Gasteiger partial charge in [-0.1, -0.05) is 42.5 Å². The van der Waals surface area contributed by atoms with Crippen molar-refractivity contribution in [3.05, 3.63) is 77.9 Å². The Hall–Kier alpha value is -2.83. The molecule has 3 aromatic carbocycles. The van der Waals surface area contributed by atoms with Crippen LogP contribution in [0.25, 0.3) is 10.8 Å². The lowest BCUT2D eigenvalue weighted by Gasteiger charge is -2.24. The smallest absolute Gasteiger partial charge is 0.286 e. The molecule has 3 aromatic rings. The number of benzene rings is 3. The highest BCUT2D eigenvalue weighted by atomic mass is 32.2. The first-order valence-corrected chi connectivity index (χ1v) is 7.89. The number of carbonyl (C=O) groups is 2. The lowest BCUT2D eigenvalue weighted by Crippen LogP contribution is -2.38. The third kappa shape index (κ3) is 2.42. The molecule has 0 fully saturated rings. The summed E-state index contributed by atoms with van der Waals surface area (Å²) in [5, 5.41) is 2.23. The normalized spacial score (nSPS) is 13.4. The Labute approximate surface area is 142 Å². The molecule has 0 radical (unpaired) electrons. The van der Waals surface area contributed by atoms with Gasteiger partial charge >= 0.3 is 0 Å². The molecule has 24 heavy (non-hydrogen) atoms. The maximum atomic E-state index is 12.6. The summed E-state index contributed by atoms with van der Waals surface area (Å²) in [6, 6.07) is 19.6. The van der Waals surface area contributed by atoms with Crippen LogP contribution in [0, 0.1) is 0 Å². The lowest BCUT2D eigenvalue weighted by molar-refractivity contribution is -0.0105. The molecule has 1 heterocycles. The summed E-state index contributed by atoms with van der Waals surface area (Å²) in [7, 11) is 0. The Kier molecular flexibility index (Phi) is 3.68. The number of carbonyl (C=O) groups excluding carboxylic acids is 2. The van der Waals surface area contributed by atoms with Crippen molar-refractivity contribution in [3.8, 4) is 5.75 Å². The molecule has 0 spiro atoms. The van der Waals surface area contributed by atoms with Crippen LogP contribution in [0.2, 0.25) is 0 Å². The number of hydrogen-bond acceptors (Lipinski definition) is 5. The average Bonchev–Trinajstić information content (AvgIpc) is 2.63. The fraction of sp³-hybridized carbons (Fsp3) is 0. The maximum absolute atomic E-state index is 12.6. The molecule has 0 unspecified atom stereocenters. The van der Waals surface area contributed by atoms with Gasteiger partial charge in [0.05, 0.1) is 11.1 Å². The number of hydrogen-bond donors (Lipinski definition) is 0.